The van der Waals surface area contributed by atoms with Crippen LogP contribution < -0.4 is 11.1 Å². The first-order valence-electron chi connectivity index (χ1n) is 6.00. The summed E-state index contributed by atoms with van der Waals surface area (Å²) in [5, 5.41) is 7.88. The molecule has 3 rings (SSSR count). The Morgan fingerprint density at radius 1 is 1.40 bits per heavy atom. The maximum atomic E-state index is 5.75. The van der Waals surface area contributed by atoms with Crippen LogP contribution in [0.2, 0.25) is 0 Å². The van der Waals surface area contributed by atoms with E-state index in [2.05, 4.69) is 25.3 Å². The number of fused-ring (bicyclic) bond motifs is 2. The van der Waals surface area contributed by atoms with E-state index < -0.39 is 0 Å². The van der Waals surface area contributed by atoms with E-state index in [9.17, 15) is 0 Å². The molecule has 0 atom stereocenters. The summed E-state index contributed by atoms with van der Waals surface area (Å²) in [6, 6.07) is 6.10. The summed E-state index contributed by atoms with van der Waals surface area (Å²) in [6.45, 7) is 0. The molecular formula is C13H13N5OS. The van der Waals surface area contributed by atoms with E-state index in [0.717, 1.165) is 27.0 Å². The number of oxime groups is 1. The van der Waals surface area contributed by atoms with Crippen LogP contribution in [0.4, 0.5) is 11.5 Å². The highest BCUT2D eigenvalue weighted by Crippen LogP contribution is 2.41. The Morgan fingerprint density at radius 2 is 2.25 bits per heavy atom. The van der Waals surface area contributed by atoms with Crippen molar-refractivity contribution < 1.29 is 4.84 Å². The van der Waals surface area contributed by atoms with Crippen LogP contribution in [0.15, 0.2) is 45.7 Å². The smallest absolute Gasteiger partial charge is 0.163 e. The van der Waals surface area contributed by atoms with Crippen LogP contribution in [0, 0.1) is 0 Å². The lowest BCUT2D eigenvalue weighted by Gasteiger charge is -2.19. The molecule has 0 spiro atoms. The highest BCUT2D eigenvalue weighted by molar-refractivity contribution is 7.99. The number of nitrogens with two attached hydrogens (primary N) is 1. The van der Waals surface area contributed by atoms with Gasteiger partial charge in [0, 0.05) is 23.7 Å². The number of amidine groups is 1. The number of aromatic nitrogens is 2. The SMILES string of the molecule is CON=C(N)Cc1ccc2c(c1)Nc1nccnc1S2. The summed E-state index contributed by atoms with van der Waals surface area (Å²) >= 11 is 1.60. The molecule has 1 aliphatic heterocycles. The van der Waals surface area contributed by atoms with Gasteiger partial charge in [-0.3, -0.25) is 0 Å². The Balaban J connectivity index is 1.86. The van der Waals surface area contributed by atoms with Gasteiger partial charge in [0.25, 0.3) is 0 Å². The second-order valence-corrected chi connectivity index (χ2v) is 5.24. The molecule has 3 N–H and O–H groups in total. The van der Waals surface area contributed by atoms with E-state index in [-0.39, 0.29) is 0 Å². The molecule has 0 aliphatic carbocycles. The molecule has 2 heterocycles. The van der Waals surface area contributed by atoms with Gasteiger partial charge in [0.15, 0.2) is 5.82 Å². The predicted molar refractivity (Wildman–Crippen MR) is 78.2 cm³/mol. The number of nitrogens with zero attached hydrogens (tertiary/aromatic N) is 3. The largest absolute Gasteiger partial charge is 0.398 e. The van der Waals surface area contributed by atoms with Gasteiger partial charge in [-0.1, -0.05) is 23.0 Å². The van der Waals surface area contributed by atoms with E-state index in [1.54, 1.807) is 24.2 Å². The monoisotopic (exact) mass is 287 g/mol. The fourth-order valence-corrected chi connectivity index (χ4v) is 2.83. The van der Waals surface area contributed by atoms with Gasteiger partial charge in [0.1, 0.15) is 18.0 Å². The third-order valence-corrected chi connectivity index (χ3v) is 3.83. The van der Waals surface area contributed by atoms with Crippen molar-refractivity contribution in [2.24, 2.45) is 10.9 Å². The van der Waals surface area contributed by atoms with E-state index in [4.69, 9.17) is 5.73 Å². The fourth-order valence-electron chi connectivity index (χ4n) is 1.95. The molecule has 6 nitrogen and oxygen atoms in total. The number of nitrogens with one attached hydrogen (secondary N) is 1. The number of benzene rings is 1. The van der Waals surface area contributed by atoms with Crippen molar-refractivity contribution in [3.63, 3.8) is 0 Å². The molecule has 1 aromatic heterocycles. The highest BCUT2D eigenvalue weighted by Gasteiger charge is 2.17. The molecule has 0 saturated carbocycles. The van der Waals surface area contributed by atoms with Crippen molar-refractivity contribution in [1.82, 2.24) is 9.97 Å². The van der Waals surface area contributed by atoms with Gasteiger partial charge >= 0.3 is 0 Å². The third kappa shape index (κ3) is 2.53. The van der Waals surface area contributed by atoms with Crippen LogP contribution in [0.1, 0.15) is 5.56 Å². The van der Waals surface area contributed by atoms with Crippen LogP contribution in [0.3, 0.4) is 0 Å². The molecule has 0 fully saturated rings. The molecule has 0 saturated heterocycles. The molecule has 2 aromatic rings. The fraction of sp³-hybridized carbons (Fsp3) is 0.154. The Kier molecular flexibility index (Phi) is 3.42. The zero-order chi connectivity index (χ0) is 13.9. The van der Waals surface area contributed by atoms with Crippen LogP contribution in [0.5, 0.6) is 0 Å². The number of hydrogen-bond acceptors (Lipinski definition) is 6. The quantitative estimate of drug-likeness (QED) is 0.436. The second-order valence-electron chi connectivity index (χ2n) is 4.21. The number of hydrogen-bond donors (Lipinski definition) is 2. The first-order valence-corrected chi connectivity index (χ1v) is 6.82. The van der Waals surface area contributed by atoms with Crippen molar-refractivity contribution in [2.45, 2.75) is 16.3 Å². The van der Waals surface area contributed by atoms with Gasteiger partial charge in [-0.25, -0.2) is 9.97 Å². The molecule has 7 heteroatoms. The minimum Gasteiger partial charge on any atom is -0.398 e. The summed E-state index contributed by atoms with van der Waals surface area (Å²) in [6.07, 6.45) is 3.90. The topological polar surface area (TPSA) is 85.4 Å². The molecule has 1 aromatic carbocycles. The van der Waals surface area contributed by atoms with E-state index in [1.807, 2.05) is 18.2 Å². The van der Waals surface area contributed by atoms with E-state index in [0.29, 0.717) is 12.3 Å². The third-order valence-electron chi connectivity index (χ3n) is 2.76. The zero-order valence-electron chi connectivity index (χ0n) is 10.8. The lowest BCUT2D eigenvalue weighted by atomic mass is 10.1. The molecule has 0 amide bonds. The van der Waals surface area contributed by atoms with Crippen molar-refractivity contribution in [1.29, 1.82) is 0 Å². The summed E-state index contributed by atoms with van der Waals surface area (Å²) in [4.78, 5) is 14.3. The summed E-state index contributed by atoms with van der Waals surface area (Å²) in [5.74, 6) is 1.22. The van der Waals surface area contributed by atoms with Gasteiger partial charge in [0.2, 0.25) is 0 Å². The summed E-state index contributed by atoms with van der Waals surface area (Å²) < 4.78 is 0. The van der Waals surface area contributed by atoms with Gasteiger partial charge < -0.3 is 15.9 Å². The first-order chi connectivity index (χ1) is 9.76. The predicted octanol–water partition coefficient (Wildman–Crippen LogP) is 2.15. The summed E-state index contributed by atoms with van der Waals surface area (Å²) in [5.41, 5.74) is 7.81. The Bertz CT molecular complexity index is 674. The molecule has 0 unspecified atom stereocenters. The maximum absolute atomic E-state index is 5.75. The lowest BCUT2D eigenvalue weighted by molar-refractivity contribution is 0.212. The molecule has 0 bridgehead atoms. The molecular weight excluding hydrogens is 274 g/mol. The molecule has 1 aliphatic rings. The minimum absolute atomic E-state index is 0.441. The van der Waals surface area contributed by atoms with Crippen LogP contribution in [0.25, 0.3) is 0 Å². The molecule has 0 radical (unpaired) electrons. The van der Waals surface area contributed by atoms with Crippen LogP contribution >= 0.6 is 11.8 Å². The van der Waals surface area contributed by atoms with Gasteiger partial charge in [-0.2, -0.15) is 0 Å². The number of rotatable bonds is 3. The van der Waals surface area contributed by atoms with Gasteiger partial charge in [0.05, 0.1) is 5.69 Å². The van der Waals surface area contributed by atoms with Crippen molar-refractivity contribution in [3.05, 3.63) is 36.2 Å². The first kappa shape index (κ1) is 12.7. The minimum atomic E-state index is 0.441. The Morgan fingerprint density at radius 3 is 3.10 bits per heavy atom. The van der Waals surface area contributed by atoms with Crippen molar-refractivity contribution in [2.75, 3.05) is 12.4 Å². The number of anilines is 2. The lowest BCUT2D eigenvalue weighted by Crippen LogP contribution is -2.15. The zero-order valence-corrected chi connectivity index (χ0v) is 11.6. The van der Waals surface area contributed by atoms with Crippen molar-refractivity contribution >= 4 is 29.1 Å². The Labute approximate surface area is 120 Å². The maximum Gasteiger partial charge on any atom is 0.163 e. The summed E-state index contributed by atoms with van der Waals surface area (Å²) in [7, 11) is 1.48. The Hall–Kier alpha value is -2.28. The molecule has 20 heavy (non-hydrogen) atoms. The standard InChI is InChI=1S/C13H13N5OS/c1-19-18-11(14)7-8-2-3-10-9(6-8)17-12-13(20-10)16-5-4-15-12/h2-6H,7H2,1H3,(H2,14,18)(H,15,17). The van der Waals surface area contributed by atoms with Gasteiger partial charge in [-0.05, 0) is 17.7 Å². The van der Waals surface area contributed by atoms with Crippen molar-refractivity contribution in [3.8, 4) is 0 Å². The average Bonchev–Trinajstić information content (AvgIpc) is 2.45. The van der Waals surface area contributed by atoms with Crippen LogP contribution in [-0.2, 0) is 11.3 Å². The molecule has 102 valence electrons. The average molecular weight is 287 g/mol. The van der Waals surface area contributed by atoms with Crippen LogP contribution in [-0.4, -0.2) is 22.9 Å². The van der Waals surface area contributed by atoms with Gasteiger partial charge in [-0.15, -0.1) is 0 Å². The second kappa shape index (κ2) is 5.38. The highest BCUT2D eigenvalue weighted by atomic mass is 32.2. The van der Waals surface area contributed by atoms with E-state index in [1.165, 1.54) is 7.11 Å². The van der Waals surface area contributed by atoms with E-state index >= 15 is 0 Å². The normalized spacial score (nSPS) is 13.2.